The van der Waals surface area contributed by atoms with Crippen LogP contribution < -0.4 is 4.90 Å². The number of aryl methyl sites for hydroxylation is 1. The van der Waals surface area contributed by atoms with Crippen molar-refractivity contribution >= 4 is 5.82 Å². The normalized spacial score (nSPS) is 19.8. The molecule has 1 aliphatic heterocycles. The highest BCUT2D eigenvalue weighted by molar-refractivity contribution is 5.58. The van der Waals surface area contributed by atoms with Crippen LogP contribution in [0.15, 0.2) is 12.3 Å². The Labute approximate surface area is 96.7 Å². The van der Waals surface area contributed by atoms with Gasteiger partial charge in [-0.2, -0.15) is 5.26 Å². The van der Waals surface area contributed by atoms with Crippen molar-refractivity contribution in [2.45, 2.75) is 39.2 Å². The molecule has 1 unspecified atom stereocenters. The fourth-order valence-corrected chi connectivity index (χ4v) is 2.44. The van der Waals surface area contributed by atoms with Crippen LogP contribution in [0.2, 0.25) is 0 Å². The van der Waals surface area contributed by atoms with E-state index in [-0.39, 0.29) is 0 Å². The van der Waals surface area contributed by atoms with Crippen molar-refractivity contribution < 1.29 is 0 Å². The Bertz CT molecular complexity index is 420. The molecule has 0 N–H and O–H groups in total. The van der Waals surface area contributed by atoms with E-state index < -0.39 is 0 Å². The third-order valence-electron chi connectivity index (χ3n) is 3.37. The van der Waals surface area contributed by atoms with Crippen molar-refractivity contribution in [1.29, 1.82) is 5.26 Å². The summed E-state index contributed by atoms with van der Waals surface area (Å²) in [6, 6.07) is 4.74. The molecule has 0 saturated carbocycles. The third-order valence-corrected chi connectivity index (χ3v) is 3.37. The molecule has 0 bridgehead atoms. The Morgan fingerprint density at radius 2 is 2.44 bits per heavy atom. The first-order chi connectivity index (χ1) is 7.77. The number of nitrogens with zero attached hydrogens (tertiary/aromatic N) is 3. The molecular weight excluding hydrogens is 198 g/mol. The molecule has 1 aromatic heterocycles. The molecular formula is C13H17N3. The minimum atomic E-state index is 0.557. The highest BCUT2D eigenvalue weighted by Gasteiger charge is 2.26. The van der Waals surface area contributed by atoms with E-state index in [9.17, 15) is 5.26 Å². The second kappa shape index (κ2) is 4.52. The number of pyridine rings is 1. The van der Waals surface area contributed by atoms with Crippen LogP contribution in [-0.4, -0.2) is 17.6 Å². The maximum absolute atomic E-state index is 9.20. The first-order valence-corrected chi connectivity index (χ1v) is 5.90. The van der Waals surface area contributed by atoms with Crippen molar-refractivity contribution in [1.82, 2.24) is 4.98 Å². The maximum Gasteiger partial charge on any atom is 0.146 e. The van der Waals surface area contributed by atoms with Crippen LogP contribution in [0.1, 0.15) is 37.3 Å². The second-order valence-corrected chi connectivity index (χ2v) is 4.34. The van der Waals surface area contributed by atoms with Gasteiger partial charge in [-0.3, -0.25) is 0 Å². The summed E-state index contributed by atoms with van der Waals surface area (Å²) in [5, 5.41) is 9.20. The van der Waals surface area contributed by atoms with E-state index in [1.54, 1.807) is 6.20 Å². The fraction of sp³-hybridized carbons (Fsp3) is 0.538. The largest absolute Gasteiger partial charge is 0.353 e. The molecule has 1 aliphatic rings. The number of hydrogen-bond acceptors (Lipinski definition) is 3. The minimum absolute atomic E-state index is 0.557. The molecule has 1 aromatic rings. The van der Waals surface area contributed by atoms with Crippen LogP contribution >= 0.6 is 0 Å². The van der Waals surface area contributed by atoms with Gasteiger partial charge in [0, 0.05) is 18.8 Å². The van der Waals surface area contributed by atoms with Gasteiger partial charge in [0.2, 0.25) is 0 Å². The first-order valence-electron chi connectivity index (χ1n) is 5.90. The molecule has 0 spiro atoms. The van der Waals surface area contributed by atoms with Crippen molar-refractivity contribution in [3.8, 4) is 6.07 Å². The summed E-state index contributed by atoms with van der Waals surface area (Å²) < 4.78 is 0. The lowest BCUT2D eigenvalue weighted by Crippen LogP contribution is -2.30. The lowest BCUT2D eigenvalue weighted by Gasteiger charge is -2.25. The smallest absolute Gasteiger partial charge is 0.146 e. The topological polar surface area (TPSA) is 39.9 Å². The number of rotatable bonds is 2. The van der Waals surface area contributed by atoms with Gasteiger partial charge in [0.25, 0.3) is 0 Å². The van der Waals surface area contributed by atoms with Gasteiger partial charge in [0.15, 0.2) is 0 Å². The molecule has 2 rings (SSSR count). The summed E-state index contributed by atoms with van der Waals surface area (Å²) >= 11 is 0. The van der Waals surface area contributed by atoms with E-state index in [1.807, 2.05) is 13.0 Å². The van der Waals surface area contributed by atoms with Gasteiger partial charge in [0.05, 0.1) is 5.56 Å². The quantitative estimate of drug-likeness (QED) is 0.761. The molecule has 1 saturated heterocycles. The Morgan fingerprint density at radius 1 is 1.62 bits per heavy atom. The molecule has 3 nitrogen and oxygen atoms in total. The van der Waals surface area contributed by atoms with E-state index in [0.717, 1.165) is 29.9 Å². The summed E-state index contributed by atoms with van der Waals surface area (Å²) in [5.74, 6) is 0.881. The van der Waals surface area contributed by atoms with Crippen molar-refractivity contribution in [2.24, 2.45) is 0 Å². The fourth-order valence-electron chi connectivity index (χ4n) is 2.44. The van der Waals surface area contributed by atoms with Gasteiger partial charge in [0.1, 0.15) is 11.9 Å². The highest BCUT2D eigenvalue weighted by atomic mass is 15.2. The molecule has 1 fully saturated rings. The molecule has 2 heterocycles. The van der Waals surface area contributed by atoms with Gasteiger partial charge in [-0.25, -0.2) is 4.98 Å². The van der Waals surface area contributed by atoms with E-state index in [0.29, 0.717) is 6.04 Å². The average molecular weight is 215 g/mol. The van der Waals surface area contributed by atoms with Crippen LogP contribution in [0.5, 0.6) is 0 Å². The van der Waals surface area contributed by atoms with Crippen LogP contribution in [0.25, 0.3) is 0 Å². The first kappa shape index (κ1) is 10.9. The molecule has 0 aliphatic carbocycles. The summed E-state index contributed by atoms with van der Waals surface area (Å²) in [5.41, 5.74) is 1.76. The van der Waals surface area contributed by atoms with Gasteiger partial charge < -0.3 is 4.90 Å². The van der Waals surface area contributed by atoms with Gasteiger partial charge in [-0.05, 0) is 37.8 Å². The molecule has 0 amide bonds. The third kappa shape index (κ3) is 1.76. The predicted molar refractivity (Wildman–Crippen MR) is 64.3 cm³/mol. The Hall–Kier alpha value is -1.56. The Kier molecular flexibility index (Phi) is 3.09. The van der Waals surface area contributed by atoms with Crippen molar-refractivity contribution in [3.63, 3.8) is 0 Å². The van der Waals surface area contributed by atoms with Crippen molar-refractivity contribution in [3.05, 3.63) is 23.4 Å². The number of hydrogen-bond donors (Lipinski definition) is 0. The van der Waals surface area contributed by atoms with Crippen LogP contribution in [0.4, 0.5) is 5.82 Å². The van der Waals surface area contributed by atoms with E-state index in [2.05, 4.69) is 22.9 Å². The van der Waals surface area contributed by atoms with Gasteiger partial charge in [-0.1, -0.05) is 6.92 Å². The Morgan fingerprint density at radius 3 is 3.12 bits per heavy atom. The van der Waals surface area contributed by atoms with Gasteiger partial charge in [-0.15, -0.1) is 0 Å². The zero-order valence-corrected chi connectivity index (χ0v) is 9.90. The zero-order valence-electron chi connectivity index (χ0n) is 9.90. The van der Waals surface area contributed by atoms with Crippen LogP contribution in [-0.2, 0) is 0 Å². The lowest BCUT2D eigenvalue weighted by atomic mass is 10.1. The van der Waals surface area contributed by atoms with E-state index in [4.69, 9.17) is 0 Å². The van der Waals surface area contributed by atoms with Crippen LogP contribution in [0.3, 0.4) is 0 Å². The molecule has 84 valence electrons. The summed E-state index contributed by atoms with van der Waals surface area (Å²) in [6.07, 6.45) is 5.35. The molecule has 3 heteroatoms. The average Bonchev–Trinajstić information content (AvgIpc) is 2.76. The van der Waals surface area contributed by atoms with Crippen molar-refractivity contribution in [2.75, 3.05) is 11.4 Å². The number of aromatic nitrogens is 1. The summed E-state index contributed by atoms with van der Waals surface area (Å²) in [7, 11) is 0. The van der Waals surface area contributed by atoms with Gasteiger partial charge >= 0.3 is 0 Å². The van der Waals surface area contributed by atoms with Crippen LogP contribution in [0, 0.1) is 18.3 Å². The standard InChI is InChI=1S/C13H17N3/c1-3-11-5-4-8-16(11)13-12(9-14)10(2)6-7-15-13/h6-7,11H,3-5,8H2,1-2H3. The van der Waals surface area contributed by atoms with E-state index in [1.165, 1.54) is 12.8 Å². The molecule has 0 aromatic carbocycles. The molecule has 0 radical (unpaired) electrons. The molecule has 1 atom stereocenters. The number of nitriles is 1. The monoisotopic (exact) mass is 215 g/mol. The zero-order chi connectivity index (χ0) is 11.5. The Balaban J connectivity index is 2.40. The highest BCUT2D eigenvalue weighted by Crippen LogP contribution is 2.29. The second-order valence-electron chi connectivity index (χ2n) is 4.34. The SMILES string of the molecule is CCC1CCCN1c1nccc(C)c1C#N. The summed E-state index contributed by atoms with van der Waals surface area (Å²) in [4.78, 5) is 6.69. The predicted octanol–water partition coefficient (Wildman–Crippen LogP) is 2.64. The van der Waals surface area contributed by atoms with E-state index >= 15 is 0 Å². The maximum atomic E-state index is 9.20. The minimum Gasteiger partial charge on any atom is -0.353 e. The summed E-state index contributed by atoms with van der Waals surface area (Å²) in [6.45, 7) is 5.20. The lowest BCUT2D eigenvalue weighted by molar-refractivity contribution is 0.640. The number of anilines is 1. The molecule has 16 heavy (non-hydrogen) atoms.